The Labute approximate surface area is 113 Å². The van der Waals surface area contributed by atoms with Crippen molar-refractivity contribution < 1.29 is 9.59 Å². The Balaban J connectivity index is 2.19. The number of amidine groups is 1. The van der Waals surface area contributed by atoms with Crippen LogP contribution in [0, 0.1) is 0 Å². The summed E-state index contributed by atoms with van der Waals surface area (Å²) in [7, 11) is 0. The minimum absolute atomic E-state index is 0.104. The van der Waals surface area contributed by atoms with Gasteiger partial charge in [0.2, 0.25) is 5.91 Å². The molecule has 0 radical (unpaired) electrons. The van der Waals surface area contributed by atoms with Gasteiger partial charge in [0.15, 0.2) is 0 Å². The first-order chi connectivity index (χ1) is 9.08. The van der Waals surface area contributed by atoms with E-state index in [-0.39, 0.29) is 18.2 Å². The van der Waals surface area contributed by atoms with Crippen molar-refractivity contribution in [3.8, 4) is 0 Å². The fourth-order valence-electron chi connectivity index (χ4n) is 2.25. The Morgan fingerprint density at radius 1 is 1.53 bits per heavy atom. The minimum Gasteiger partial charge on any atom is -0.354 e. The van der Waals surface area contributed by atoms with Crippen molar-refractivity contribution in [2.45, 2.75) is 38.6 Å². The number of amides is 2. The van der Waals surface area contributed by atoms with Crippen LogP contribution >= 0.6 is 0 Å². The van der Waals surface area contributed by atoms with E-state index in [0.29, 0.717) is 12.4 Å². The van der Waals surface area contributed by atoms with Gasteiger partial charge in [-0.3, -0.25) is 9.59 Å². The molecule has 0 saturated carbocycles. The number of hydrogen-bond acceptors (Lipinski definition) is 3. The van der Waals surface area contributed by atoms with E-state index in [0.717, 1.165) is 12.8 Å². The van der Waals surface area contributed by atoms with E-state index in [4.69, 9.17) is 0 Å². The molecule has 1 unspecified atom stereocenters. The molecule has 0 spiro atoms. The molecule has 2 aliphatic heterocycles. The van der Waals surface area contributed by atoms with E-state index in [9.17, 15) is 9.59 Å². The van der Waals surface area contributed by atoms with Crippen LogP contribution in [-0.2, 0) is 9.59 Å². The third-order valence-electron chi connectivity index (χ3n) is 3.41. The van der Waals surface area contributed by atoms with E-state index in [1.54, 1.807) is 24.1 Å². The molecule has 2 rings (SSSR count). The van der Waals surface area contributed by atoms with Crippen molar-refractivity contribution in [2.75, 3.05) is 6.54 Å². The van der Waals surface area contributed by atoms with Crippen LogP contribution in [0.1, 0.15) is 33.1 Å². The van der Waals surface area contributed by atoms with Crippen molar-refractivity contribution in [2.24, 2.45) is 4.99 Å². The number of fused-ring (bicyclic) bond motifs is 1. The van der Waals surface area contributed by atoms with Gasteiger partial charge in [0.1, 0.15) is 11.4 Å². The normalized spacial score (nSPS) is 25.1. The van der Waals surface area contributed by atoms with Gasteiger partial charge in [-0.25, -0.2) is 0 Å². The van der Waals surface area contributed by atoms with Crippen molar-refractivity contribution in [3.05, 3.63) is 24.4 Å². The maximum Gasteiger partial charge on any atom is 0.250 e. The average Bonchev–Trinajstić information content (AvgIpc) is 2.38. The topological polar surface area (TPSA) is 61.8 Å². The lowest BCUT2D eigenvalue weighted by atomic mass is 9.91. The van der Waals surface area contributed by atoms with Gasteiger partial charge in [-0.15, -0.1) is 0 Å². The molecular formula is C14H19N3O2. The van der Waals surface area contributed by atoms with Gasteiger partial charge in [0, 0.05) is 12.7 Å². The highest BCUT2D eigenvalue weighted by atomic mass is 16.2. The molecule has 5 nitrogen and oxygen atoms in total. The van der Waals surface area contributed by atoms with Gasteiger partial charge in [0.05, 0.1) is 6.42 Å². The molecule has 1 N–H and O–H groups in total. The summed E-state index contributed by atoms with van der Waals surface area (Å²) < 4.78 is 0. The zero-order valence-electron chi connectivity index (χ0n) is 11.3. The van der Waals surface area contributed by atoms with E-state index >= 15 is 0 Å². The van der Waals surface area contributed by atoms with Gasteiger partial charge in [-0.1, -0.05) is 19.4 Å². The van der Waals surface area contributed by atoms with Gasteiger partial charge in [-0.05, 0) is 25.5 Å². The molecule has 0 fully saturated rings. The zero-order chi connectivity index (χ0) is 13.9. The summed E-state index contributed by atoms with van der Waals surface area (Å²) in [5.41, 5.74) is -0.886. The highest BCUT2D eigenvalue weighted by Gasteiger charge is 2.44. The summed E-state index contributed by atoms with van der Waals surface area (Å²) in [6.07, 6.45) is 9.25. The second-order valence-corrected chi connectivity index (χ2v) is 4.99. The van der Waals surface area contributed by atoms with Crippen LogP contribution < -0.4 is 5.32 Å². The van der Waals surface area contributed by atoms with Crippen molar-refractivity contribution in [3.63, 3.8) is 0 Å². The number of rotatable bonds is 4. The monoisotopic (exact) mass is 261 g/mol. The fourth-order valence-corrected chi connectivity index (χ4v) is 2.25. The average molecular weight is 261 g/mol. The molecule has 2 heterocycles. The first-order valence-electron chi connectivity index (χ1n) is 6.62. The molecule has 0 aromatic carbocycles. The first kappa shape index (κ1) is 13.5. The SMILES string of the molecule is CCCCNC(=O)C1(C)CC(=O)N=C2C=CC=CN21. The zero-order valence-corrected chi connectivity index (χ0v) is 11.3. The third kappa shape index (κ3) is 2.59. The Kier molecular flexibility index (Phi) is 3.83. The summed E-state index contributed by atoms with van der Waals surface area (Å²) >= 11 is 0. The summed E-state index contributed by atoms with van der Waals surface area (Å²) in [5, 5.41) is 2.90. The van der Waals surface area contributed by atoms with E-state index in [2.05, 4.69) is 17.2 Å². The Bertz CT molecular complexity index is 479. The smallest absolute Gasteiger partial charge is 0.250 e. The molecule has 19 heavy (non-hydrogen) atoms. The predicted octanol–water partition coefficient (Wildman–Crippen LogP) is 1.38. The maximum absolute atomic E-state index is 12.4. The lowest BCUT2D eigenvalue weighted by Gasteiger charge is -2.41. The van der Waals surface area contributed by atoms with Gasteiger partial charge < -0.3 is 10.2 Å². The Morgan fingerprint density at radius 2 is 2.32 bits per heavy atom. The summed E-state index contributed by atoms with van der Waals surface area (Å²) in [4.78, 5) is 29.8. The molecular weight excluding hydrogens is 242 g/mol. The standard InChI is InChI=1S/C14H19N3O2/c1-3-4-8-15-13(19)14(2)10-12(18)16-11-7-5-6-9-17(11)14/h5-7,9H,3-4,8,10H2,1-2H3,(H,15,19). The third-order valence-corrected chi connectivity index (χ3v) is 3.41. The number of allylic oxidation sites excluding steroid dienone is 2. The highest BCUT2D eigenvalue weighted by Crippen LogP contribution is 2.27. The second-order valence-electron chi connectivity index (χ2n) is 4.99. The molecule has 2 aliphatic rings. The lowest BCUT2D eigenvalue weighted by molar-refractivity contribution is -0.134. The molecule has 102 valence electrons. The summed E-state index contributed by atoms with van der Waals surface area (Å²) in [6.45, 7) is 4.49. The lowest BCUT2D eigenvalue weighted by Crippen LogP contribution is -2.60. The van der Waals surface area contributed by atoms with Crippen molar-refractivity contribution >= 4 is 17.6 Å². The van der Waals surface area contributed by atoms with E-state index in [1.807, 2.05) is 12.2 Å². The quantitative estimate of drug-likeness (QED) is 0.778. The predicted molar refractivity (Wildman–Crippen MR) is 73.5 cm³/mol. The number of hydrogen-bond donors (Lipinski definition) is 1. The van der Waals surface area contributed by atoms with Crippen LogP contribution in [0.5, 0.6) is 0 Å². The van der Waals surface area contributed by atoms with Gasteiger partial charge >= 0.3 is 0 Å². The van der Waals surface area contributed by atoms with Crippen LogP contribution in [0.2, 0.25) is 0 Å². The van der Waals surface area contributed by atoms with E-state index in [1.165, 1.54) is 0 Å². The van der Waals surface area contributed by atoms with Crippen LogP contribution in [0.25, 0.3) is 0 Å². The molecule has 0 bridgehead atoms. The number of unbranched alkanes of at least 4 members (excludes halogenated alkanes) is 1. The van der Waals surface area contributed by atoms with Crippen LogP contribution in [0.4, 0.5) is 0 Å². The van der Waals surface area contributed by atoms with Gasteiger partial charge in [-0.2, -0.15) is 4.99 Å². The maximum atomic E-state index is 12.4. The molecule has 2 amide bonds. The molecule has 0 saturated heterocycles. The van der Waals surface area contributed by atoms with Crippen LogP contribution in [0.15, 0.2) is 29.4 Å². The Morgan fingerprint density at radius 3 is 3.05 bits per heavy atom. The van der Waals surface area contributed by atoms with Crippen LogP contribution in [0.3, 0.4) is 0 Å². The number of nitrogens with one attached hydrogen (secondary N) is 1. The molecule has 0 aromatic heterocycles. The first-order valence-corrected chi connectivity index (χ1v) is 6.62. The highest BCUT2D eigenvalue weighted by molar-refractivity contribution is 6.09. The van der Waals surface area contributed by atoms with Gasteiger partial charge in [0.25, 0.3) is 5.91 Å². The number of carbonyl (C=O) groups excluding carboxylic acids is 2. The van der Waals surface area contributed by atoms with Crippen LogP contribution in [-0.4, -0.2) is 34.6 Å². The number of carbonyl (C=O) groups is 2. The molecule has 5 heteroatoms. The minimum atomic E-state index is -0.886. The second kappa shape index (κ2) is 5.38. The van der Waals surface area contributed by atoms with Crippen molar-refractivity contribution in [1.82, 2.24) is 10.2 Å². The largest absolute Gasteiger partial charge is 0.354 e. The summed E-state index contributed by atoms with van der Waals surface area (Å²) in [5.74, 6) is 0.160. The molecule has 1 atom stereocenters. The molecule has 0 aromatic rings. The van der Waals surface area contributed by atoms with Crippen molar-refractivity contribution in [1.29, 1.82) is 0 Å². The number of aliphatic imine (C=N–C) groups is 1. The molecule has 0 aliphatic carbocycles. The fraction of sp³-hybridized carbons (Fsp3) is 0.500. The Hall–Kier alpha value is -1.91. The summed E-state index contributed by atoms with van der Waals surface area (Å²) in [6, 6.07) is 0. The number of nitrogens with zero attached hydrogens (tertiary/aromatic N) is 2. The van der Waals surface area contributed by atoms with E-state index < -0.39 is 5.54 Å².